The van der Waals surface area contributed by atoms with Crippen molar-refractivity contribution in [3.63, 3.8) is 0 Å². The van der Waals surface area contributed by atoms with Crippen LogP contribution in [0.1, 0.15) is 78.6 Å². The molecule has 0 radical (unpaired) electrons. The standard InChI is InChI=1S/C26H43NO7S/c1-15(4-7-23(31)27-10-11-35(32,33)34)18-5-6-19-24-20(14-22(30)26(18,19)3)25(2)9-8-17(28)12-16(25)13-21(24)29/h15-20,22,24,28,30H,4-14H2,1-3H3,(H,27,31)(H,32,33,34)/p-1/t15-,16+,17-,18-,19+,20+,22+,24+,25+,26-/m1/s1. The fraction of sp³-hybridized carbons (Fsp3) is 0.923. The molecule has 8 nitrogen and oxygen atoms in total. The maximum atomic E-state index is 13.5. The number of aliphatic hydroxyl groups excluding tert-OH is 2. The molecule has 0 aromatic carbocycles. The Kier molecular flexibility index (Phi) is 7.48. The van der Waals surface area contributed by atoms with Gasteiger partial charge >= 0.3 is 0 Å². The van der Waals surface area contributed by atoms with Crippen molar-refractivity contribution in [2.75, 3.05) is 12.3 Å². The molecule has 0 unspecified atom stereocenters. The van der Waals surface area contributed by atoms with Gasteiger partial charge in [0.1, 0.15) is 5.78 Å². The SMILES string of the molecule is C[C@H](CCC(=O)NCCS(=O)(=O)[O-])[C@H]1CC[C@H]2[C@@H]3C(=O)C[C@@H]4C[C@H](O)CC[C@]4(C)[C@H]3C[C@H](O)[C@]12C. The molecule has 0 aromatic rings. The molecule has 0 heterocycles. The lowest BCUT2D eigenvalue weighted by molar-refractivity contribution is -0.182. The Hall–Kier alpha value is -1.03. The second-order valence-electron chi connectivity index (χ2n) is 12.5. The Morgan fingerprint density at radius 1 is 1.17 bits per heavy atom. The molecule has 35 heavy (non-hydrogen) atoms. The monoisotopic (exact) mass is 512 g/mol. The quantitative estimate of drug-likeness (QED) is 0.444. The minimum absolute atomic E-state index is 0.0144. The molecule has 4 aliphatic carbocycles. The van der Waals surface area contributed by atoms with Gasteiger partial charge in [0.25, 0.3) is 0 Å². The van der Waals surface area contributed by atoms with Crippen molar-refractivity contribution < 1.29 is 32.8 Å². The van der Waals surface area contributed by atoms with E-state index in [-0.39, 0.29) is 71.3 Å². The minimum Gasteiger partial charge on any atom is -0.748 e. The molecule has 4 fully saturated rings. The number of rotatable bonds is 7. The first-order chi connectivity index (χ1) is 16.3. The molecule has 1 amide bonds. The van der Waals surface area contributed by atoms with Crippen LogP contribution in [0, 0.1) is 46.3 Å². The summed E-state index contributed by atoms with van der Waals surface area (Å²) in [6, 6.07) is 0. The van der Waals surface area contributed by atoms with E-state index in [9.17, 15) is 32.8 Å². The molecule has 0 aliphatic heterocycles. The first-order valence-corrected chi connectivity index (χ1v) is 14.9. The van der Waals surface area contributed by atoms with Gasteiger partial charge in [-0.1, -0.05) is 20.8 Å². The van der Waals surface area contributed by atoms with Crippen LogP contribution in [0.2, 0.25) is 0 Å². The number of carbonyl (C=O) groups is 2. The number of fused-ring (bicyclic) bond motifs is 5. The van der Waals surface area contributed by atoms with E-state index in [2.05, 4.69) is 26.1 Å². The number of carbonyl (C=O) groups excluding carboxylic acids is 2. The second-order valence-corrected chi connectivity index (χ2v) is 14.0. The van der Waals surface area contributed by atoms with Crippen LogP contribution in [0.3, 0.4) is 0 Å². The average Bonchev–Trinajstić information content (AvgIpc) is 3.12. The van der Waals surface area contributed by atoms with Crippen LogP contribution >= 0.6 is 0 Å². The van der Waals surface area contributed by atoms with Gasteiger partial charge in [-0.2, -0.15) is 0 Å². The number of hydrogen-bond acceptors (Lipinski definition) is 7. The van der Waals surface area contributed by atoms with Crippen molar-refractivity contribution >= 4 is 21.8 Å². The highest BCUT2D eigenvalue weighted by Crippen LogP contribution is 2.67. The smallest absolute Gasteiger partial charge is 0.220 e. The summed E-state index contributed by atoms with van der Waals surface area (Å²) < 4.78 is 32.2. The van der Waals surface area contributed by atoms with Crippen molar-refractivity contribution in [2.24, 2.45) is 46.3 Å². The van der Waals surface area contributed by atoms with Crippen LogP contribution in [-0.4, -0.2) is 59.4 Å². The molecule has 0 spiro atoms. The first-order valence-electron chi connectivity index (χ1n) is 13.4. The molecule has 10 atom stereocenters. The molecule has 0 aromatic heterocycles. The highest BCUT2D eigenvalue weighted by Gasteiger charge is 2.65. The molecular weight excluding hydrogens is 470 g/mol. The Balaban J connectivity index is 1.44. The predicted molar refractivity (Wildman–Crippen MR) is 129 cm³/mol. The summed E-state index contributed by atoms with van der Waals surface area (Å²) in [5, 5.41) is 24.3. The maximum Gasteiger partial charge on any atom is 0.220 e. The number of hydrogen-bond donors (Lipinski definition) is 3. The fourth-order valence-electron chi connectivity index (χ4n) is 8.81. The van der Waals surface area contributed by atoms with Gasteiger partial charge < -0.3 is 20.1 Å². The second kappa shape index (κ2) is 9.69. The number of ketones is 1. The summed E-state index contributed by atoms with van der Waals surface area (Å²) in [5.41, 5.74) is -0.389. The number of aliphatic hydroxyl groups is 2. The van der Waals surface area contributed by atoms with Crippen molar-refractivity contribution in [3.05, 3.63) is 0 Å². The molecule has 200 valence electrons. The van der Waals surface area contributed by atoms with Gasteiger partial charge in [-0.05, 0) is 80.0 Å². The molecule has 3 N–H and O–H groups in total. The highest BCUT2D eigenvalue weighted by atomic mass is 32.2. The van der Waals surface area contributed by atoms with Crippen molar-refractivity contribution in [3.8, 4) is 0 Å². The summed E-state index contributed by atoms with van der Waals surface area (Å²) >= 11 is 0. The Labute approximate surface area is 209 Å². The van der Waals surface area contributed by atoms with Gasteiger partial charge in [-0.3, -0.25) is 9.59 Å². The third kappa shape index (κ3) is 4.94. The van der Waals surface area contributed by atoms with Crippen molar-refractivity contribution in [2.45, 2.75) is 90.8 Å². The fourth-order valence-corrected chi connectivity index (χ4v) is 9.16. The summed E-state index contributed by atoms with van der Waals surface area (Å²) in [6.07, 6.45) is 5.37. The van der Waals surface area contributed by atoms with E-state index >= 15 is 0 Å². The molecule has 4 aliphatic rings. The summed E-state index contributed by atoms with van der Waals surface area (Å²) in [5.74, 6) is 0.251. The molecule has 4 rings (SSSR count). The Morgan fingerprint density at radius 3 is 2.57 bits per heavy atom. The minimum atomic E-state index is -4.35. The van der Waals surface area contributed by atoms with Gasteiger partial charge in [0, 0.05) is 30.7 Å². The van der Waals surface area contributed by atoms with Gasteiger partial charge in [0.15, 0.2) is 0 Å². The van der Waals surface area contributed by atoms with E-state index in [1.165, 1.54) is 0 Å². The van der Waals surface area contributed by atoms with Crippen molar-refractivity contribution in [1.82, 2.24) is 5.32 Å². The molecule has 0 saturated heterocycles. The Bertz CT molecular complexity index is 938. The zero-order valence-corrected chi connectivity index (χ0v) is 22.1. The normalized spacial score (nSPS) is 44.2. The third-order valence-electron chi connectivity index (χ3n) is 10.8. The van der Waals surface area contributed by atoms with Crippen LogP contribution in [0.25, 0.3) is 0 Å². The van der Waals surface area contributed by atoms with Crippen molar-refractivity contribution in [1.29, 1.82) is 0 Å². The van der Waals surface area contributed by atoms with Gasteiger partial charge in [-0.25, -0.2) is 8.42 Å². The van der Waals surface area contributed by atoms with Crippen LogP contribution in [0.5, 0.6) is 0 Å². The third-order valence-corrected chi connectivity index (χ3v) is 11.5. The number of amides is 1. The molecule has 4 saturated carbocycles. The topological polar surface area (TPSA) is 144 Å². The lowest BCUT2D eigenvalue weighted by Crippen LogP contribution is -2.61. The number of nitrogens with one attached hydrogen (secondary N) is 1. The van der Waals surface area contributed by atoms with Gasteiger partial charge in [-0.15, -0.1) is 0 Å². The molecule has 9 heteroatoms. The van der Waals surface area contributed by atoms with Crippen LogP contribution in [0.15, 0.2) is 0 Å². The van der Waals surface area contributed by atoms with E-state index in [1.807, 2.05) is 0 Å². The Morgan fingerprint density at radius 2 is 1.89 bits per heavy atom. The zero-order valence-electron chi connectivity index (χ0n) is 21.2. The van der Waals surface area contributed by atoms with Crippen LogP contribution in [-0.2, 0) is 19.7 Å². The van der Waals surface area contributed by atoms with E-state index in [4.69, 9.17) is 0 Å². The molecular formula is C26H42NO7S-. The molecule has 0 bridgehead atoms. The highest BCUT2D eigenvalue weighted by molar-refractivity contribution is 7.85. The zero-order chi connectivity index (χ0) is 25.8. The van der Waals surface area contributed by atoms with E-state index in [0.29, 0.717) is 31.5 Å². The lowest BCUT2D eigenvalue weighted by atomic mass is 9.43. The van der Waals surface area contributed by atoms with E-state index in [1.54, 1.807) is 0 Å². The maximum absolute atomic E-state index is 13.5. The summed E-state index contributed by atoms with van der Waals surface area (Å²) in [7, 11) is -4.35. The lowest BCUT2D eigenvalue weighted by Gasteiger charge is -2.61. The first kappa shape index (κ1) is 27.0. The predicted octanol–water partition coefficient (Wildman–Crippen LogP) is 2.23. The van der Waals surface area contributed by atoms with Crippen LogP contribution in [0.4, 0.5) is 0 Å². The van der Waals surface area contributed by atoms with Gasteiger partial charge in [0.05, 0.1) is 28.1 Å². The van der Waals surface area contributed by atoms with Gasteiger partial charge in [0.2, 0.25) is 5.91 Å². The van der Waals surface area contributed by atoms with E-state index in [0.717, 1.165) is 25.7 Å². The largest absolute Gasteiger partial charge is 0.748 e. The number of Topliss-reactive ketones (excluding diaryl/α,β-unsaturated/α-hetero) is 1. The average molecular weight is 513 g/mol. The summed E-state index contributed by atoms with van der Waals surface area (Å²) in [6.45, 7) is 6.37. The summed E-state index contributed by atoms with van der Waals surface area (Å²) in [4.78, 5) is 25.7. The van der Waals surface area contributed by atoms with Crippen LogP contribution < -0.4 is 5.32 Å². The van der Waals surface area contributed by atoms with E-state index < -0.39 is 22.0 Å².